The van der Waals surface area contributed by atoms with Crippen molar-refractivity contribution < 1.29 is 9.53 Å². The van der Waals surface area contributed by atoms with Crippen LogP contribution in [0.3, 0.4) is 0 Å². The number of hydrogen-bond donors (Lipinski definition) is 1. The van der Waals surface area contributed by atoms with E-state index < -0.39 is 5.97 Å². The number of ether oxygens (including phenoxy) is 1. The standard InChI is InChI=1S/C13H14ClN3O2/c1-17-6-5-15-12(17)8-16-11-7-9(13(18)19-2)3-4-10(11)14/h3-7,16H,8H2,1-2H3. The number of nitrogens with zero attached hydrogens (tertiary/aromatic N) is 2. The zero-order chi connectivity index (χ0) is 13.8. The van der Waals surface area contributed by atoms with Crippen LogP contribution >= 0.6 is 11.6 Å². The molecule has 6 heteroatoms. The van der Waals surface area contributed by atoms with Crippen LogP contribution in [0.2, 0.25) is 5.02 Å². The Bertz CT molecular complexity index is 595. The summed E-state index contributed by atoms with van der Waals surface area (Å²) in [7, 11) is 3.26. The Morgan fingerprint density at radius 1 is 1.53 bits per heavy atom. The Morgan fingerprint density at radius 2 is 2.32 bits per heavy atom. The number of carbonyl (C=O) groups is 1. The zero-order valence-corrected chi connectivity index (χ0v) is 11.4. The Kier molecular flexibility index (Phi) is 4.06. The molecular weight excluding hydrogens is 266 g/mol. The van der Waals surface area contributed by atoms with Gasteiger partial charge >= 0.3 is 5.97 Å². The summed E-state index contributed by atoms with van der Waals surface area (Å²) >= 11 is 6.08. The van der Waals surface area contributed by atoms with Gasteiger partial charge in [0.15, 0.2) is 0 Å². The third-order valence-corrected chi connectivity index (χ3v) is 3.07. The van der Waals surface area contributed by atoms with Gasteiger partial charge in [0, 0.05) is 19.4 Å². The number of rotatable bonds is 4. The second kappa shape index (κ2) is 5.75. The van der Waals surface area contributed by atoms with E-state index in [1.165, 1.54) is 7.11 Å². The van der Waals surface area contributed by atoms with Crippen LogP contribution in [-0.2, 0) is 18.3 Å². The Labute approximate surface area is 116 Å². The molecule has 100 valence electrons. The number of halogens is 1. The van der Waals surface area contributed by atoms with Crippen LogP contribution in [0.5, 0.6) is 0 Å². The molecule has 5 nitrogen and oxygen atoms in total. The summed E-state index contributed by atoms with van der Waals surface area (Å²) in [5.74, 6) is 0.483. The molecule has 0 atom stereocenters. The van der Waals surface area contributed by atoms with Crippen LogP contribution in [-0.4, -0.2) is 22.6 Å². The molecule has 0 amide bonds. The highest BCUT2D eigenvalue weighted by Gasteiger charge is 2.09. The summed E-state index contributed by atoms with van der Waals surface area (Å²) in [6, 6.07) is 4.95. The van der Waals surface area contributed by atoms with Gasteiger partial charge in [-0.15, -0.1) is 0 Å². The van der Waals surface area contributed by atoms with Crippen molar-refractivity contribution in [1.29, 1.82) is 0 Å². The fourth-order valence-corrected chi connectivity index (χ4v) is 1.83. The normalized spacial score (nSPS) is 10.3. The molecule has 0 unspecified atom stereocenters. The first-order chi connectivity index (χ1) is 9.11. The number of carbonyl (C=O) groups excluding carboxylic acids is 1. The number of imidazole rings is 1. The number of esters is 1. The van der Waals surface area contributed by atoms with Crippen molar-refractivity contribution in [2.24, 2.45) is 7.05 Å². The molecule has 1 aromatic carbocycles. The van der Waals surface area contributed by atoms with Gasteiger partial charge in [-0.2, -0.15) is 0 Å². The highest BCUT2D eigenvalue weighted by Crippen LogP contribution is 2.23. The van der Waals surface area contributed by atoms with Crippen LogP contribution in [0.1, 0.15) is 16.2 Å². The monoisotopic (exact) mass is 279 g/mol. The lowest BCUT2D eigenvalue weighted by atomic mass is 10.2. The average molecular weight is 280 g/mol. The summed E-state index contributed by atoms with van der Waals surface area (Å²) in [5, 5.41) is 3.70. The molecule has 0 aliphatic carbocycles. The van der Waals surface area contributed by atoms with Gasteiger partial charge in [0.25, 0.3) is 0 Å². The van der Waals surface area contributed by atoms with E-state index in [1.54, 1.807) is 24.4 Å². The van der Waals surface area contributed by atoms with Gasteiger partial charge in [-0.1, -0.05) is 11.6 Å². The van der Waals surface area contributed by atoms with Crippen molar-refractivity contribution in [1.82, 2.24) is 9.55 Å². The first kappa shape index (κ1) is 13.4. The number of nitrogens with one attached hydrogen (secondary N) is 1. The third-order valence-electron chi connectivity index (χ3n) is 2.75. The highest BCUT2D eigenvalue weighted by molar-refractivity contribution is 6.33. The lowest BCUT2D eigenvalue weighted by Gasteiger charge is -2.09. The van der Waals surface area contributed by atoms with Crippen LogP contribution < -0.4 is 5.32 Å². The molecule has 2 aromatic rings. The van der Waals surface area contributed by atoms with E-state index in [2.05, 4.69) is 15.0 Å². The smallest absolute Gasteiger partial charge is 0.337 e. The number of aryl methyl sites for hydroxylation is 1. The van der Waals surface area contributed by atoms with E-state index in [4.69, 9.17) is 11.6 Å². The van der Waals surface area contributed by atoms with E-state index >= 15 is 0 Å². The summed E-state index contributed by atoms with van der Waals surface area (Å²) < 4.78 is 6.58. The number of anilines is 1. The maximum Gasteiger partial charge on any atom is 0.337 e. The van der Waals surface area contributed by atoms with E-state index in [0.717, 1.165) is 5.82 Å². The van der Waals surface area contributed by atoms with E-state index in [9.17, 15) is 4.79 Å². The van der Waals surface area contributed by atoms with Crippen molar-refractivity contribution in [2.45, 2.75) is 6.54 Å². The lowest BCUT2D eigenvalue weighted by Crippen LogP contribution is -2.07. The van der Waals surface area contributed by atoms with Gasteiger partial charge in [0.1, 0.15) is 5.82 Å². The van der Waals surface area contributed by atoms with Gasteiger partial charge < -0.3 is 14.6 Å². The van der Waals surface area contributed by atoms with Gasteiger partial charge in [0.2, 0.25) is 0 Å². The fraction of sp³-hybridized carbons (Fsp3) is 0.231. The highest BCUT2D eigenvalue weighted by atomic mass is 35.5. The SMILES string of the molecule is COC(=O)c1ccc(Cl)c(NCc2nccn2C)c1. The molecule has 0 aliphatic heterocycles. The van der Waals surface area contributed by atoms with Crippen LogP contribution in [0.25, 0.3) is 0 Å². The quantitative estimate of drug-likeness (QED) is 0.874. The largest absolute Gasteiger partial charge is 0.465 e. The number of hydrogen-bond acceptors (Lipinski definition) is 4. The predicted molar refractivity (Wildman–Crippen MR) is 73.3 cm³/mol. The molecule has 1 heterocycles. The van der Waals surface area contributed by atoms with Crippen LogP contribution in [0.4, 0.5) is 5.69 Å². The second-order valence-corrected chi connectivity index (χ2v) is 4.40. The van der Waals surface area contributed by atoms with Crippen molar-refractivity contribution >= 4 is 23.3 Å². The van der Waals surface area contributed by atoms with E-state index in [1.807, 2.05) is 17.8 Å². The lowest BCUT2D eigenvalue weighted by molar-refractivity contribution is 0.0601. The molecule has 0 aliphatic rings. The third kappa shape index (κ3) is 3.06. The molecule has 19 heavy (non-hydrogen) atoms. The topological polar surface area (TPSA) is 56.1 Å². The first-order valence-corrected chi connectivity index (χ1v) is 6.07. The molecule has 0 radical (unpaired) electrons. The molecule has 1 N–H and O–H groups in total. The summed E-state index contributed by atoms with van der Waals surface area (Å²) in [4.78, 5) is 15.7. The Hall–Kier alpha value is -2.01. The minimum Gasteiger partial charge on any atom is -0.465 e. The second-order valence-electron chi connectivity index (χ2n) is 3.99. The fourth-order valence-electron chi connectivity index (χ4n) is 1.65. The number of benzene rings is 1. The molecular formula is C13H14ClN3O2. The minimum atomic E-state index is -0.392. The zero-order valence-electron chi connectivity index (χ0n) is 10.7. The van der Waals surface area contributed by atoms with Crippen molar-refractivity contribution in [2.75, 3.05) is 12.4 Å². The van der Waals surface area contributed by atoms with Crippen LogP contribution in [0, 0.1) is 0 Å². The molecule has 0 fully saturated rings. The molecule has 2 rings (SSSR count). The maximum atomic E-state index is 11.5. The molecule has 0 saturated heterocycles. The predicted octanol–water partition coefficient (Wildman–Crippen LogP) is 2.47. The van der Waals surface area contributed by atoms with E-state index in [-0.39, 0.29) is 0 Å². The van der Waals surface area contributed by atoms with Crippen molar-refractivity contribution in [3.8, 4) is 0 Å². The molecule has 0 saturated carbocycles. The van der Waals surface area contributed by atoms with Crippen molar-refractivity contribution in [3.05, 3.63) is 47.0 Å². The summed E-state index contributed by atoms with van der Waals surface area (Å²) in [6.45, 7) is 0.522. The van der Waals surface area contributed by atoms with Gasteiger partial charge in [0.05, 0.1) is 29.9 Å². The van der Waals surface area contributed by atoms with Crippen molar-refractivity contribution in [3.63, 3.8) is 0 Å². The summed E-state index contributed by atoms with van der Waals surface area (Å²) in [5.41, 5.74) is 1.13. The minimum absolute atomic E-state index is 0.392. The van der Waals surface area contributed by atoms with Gasteiger partial charge in [-0.05, 0) is 18.2 Å². The first-order valence-electron chi connectivity index (χ1n) is 5.69. The Morgan fingerprint density at radius 3 is 2.95 bits per heavy atom. The number of aromatic nitrogens is 2. The number of methoxy groups -OCH3 is 1. The van der Waals surface area contributed by atoms with E-state index in [0.29, 0.717) is 22.8 Å². The molecule has 0 spiro atoms. The van der Waals surface area contributed by atoms with Gasteiger partial charge in [-0.25, -0.2) is 9.78 Å². The molecule has 1 aromatic heterocycles. The molecule has 0 bridgehead atoms. The summed E-state index contributed by atoms with van der Waals surface area (Å²) in [6.07, 6.45) is 3.59. The van der Waals surface area contributed by atoms with Gasteiger partial charge in [-0.3, -0.25) is 0 Å². The Balaban J connectivity index is 2.15. The average Bonchev–Trinajstić information content (AvgIpc) is 2.82. The van der Waals surface area contributed by atoms with Crippen LogP contribution in [0.15, 0.2) is 30.6 Å². The maximum absolute atomic E-state index is 11.5.